The van der Waals surface area contributed by atoms with Gasteiger partial charge in [0.1, 0.15) is 5.75 Å². The van der Waals surface area contributed by atoms with E-state index in [1.807, 2.05) is 0 Å². The Balaban J connectivity index is 0.00000200. The lowest BCUT2D eigenvalue weighted by Crippen LogP contribution is -2.16. The summed E-state index contributed by atoms with van der Waals surface area (Å²) in [6, 6.07) is 3.95. The van der Waals surface area contributed by atoms with Gasteiger partial charge in [0.2, 0.25) is 0 Å². The number of nitrogens with zero attached hydrogens (tertiary/aromatic N) is 2. The Morgan fingerprint density at radius 2 is 2.10 bits per heavy atom. The molecule has 0 saturated carbocycles. The van der Waals surface area contributed by atoms with E-state index < -0.39 is 6.36 Å². The molecule has 0 spiro atoms. The molecule has 0 saturated heterocycles. The van der Waals surface area contributed by atoms with E-state index in [2.05, 4.69) is 21.6 Å². The molecular weight excluding hydrogens is 295 g/mol. The van der Waals surface area contributed by atoms with Gasteiger partial charge in [-0.15, -0.1) is 25.6 Å². The summed E-state index contributed by atoms with van der Waals surface area (Å²) in [7, 11) is 1.72. The predicted octanol–water partition coefficient (Wildman–Crippen LogP) is 2.20. The molecule has 0 unspecified atom stereocenters. The first kappa shape index (κ1) is 16.1. The molecule has 1 heterocycles. The van der Waals surface area contributed by atoms with Gasteiger partial charge in [-0.3, -0.25) is 0 Å². The molecule has 2 aromatic rings. The van der Waals surface area contributed by atoms with Crippen molar-refractivity contribution in [2.75, 3.05) is 6.54 Å². The minimum absolute atomic E-state index is 0. The van der Waals surface area contributed by atoms with Crippen molar-refractivity contribution < 1.29 is 17.9 Å². The number of nitrogens with two attached hydrogens (primary N) is 1. The molecule has 2 N–H and O–H groups in total. The Kier molecular flexibility index (Phi) is 4.87. The fourth-order valence-electron chi connectivity index (χ4n) is 1.62. The highest BCUT2D eigenvalue weighted by molar-refractivity contribution is 5.85. The smallest absolute Gasteiger partial charge is 0.406 e. The minimum atomic E-state index is -4.72. The number of hydrogen-bond acceptors (Lipinski definition) is 3. The molecule has 0 radical (unpaired) electrons. The number of halogens is 4. The van der Waals surface area contributed by atoms with Crippen LogP contribution in [-0.4, -0.2) is 22.5 Å². The van der Waals surface area contributed by atoms with Crippen molar-refractivity contribution in [3.8, 4) is 17.6 Å². The van der Waals surface area contributed by atoms with Crippen molar-refractivity contribution in [3.63, 3.8) is 0 Å². The van der Waals surface area contributed by atoms with E-state index in [1.54, 1.807) is 11.6 Å². The van der Waals surface area contributed by atoms with Gasteiger partial charge >= 0.3 is 6.36 Å². The summed E-state index contributed by atoms with van der Waals surface area (Å²) in [6.07, 6.45) is -4.72. The quantitative estimate of drug-likeness (QED) is 0.822. The molecule has 0 fully saturated rings. The summed E-state index contributed by atoms with van der Waals surface area (Å²) < 4.78 is 41.8. The molecule has 0 atom stereocenters. The molecule has 0 amide bonds. The van der Waals surface area contributed by atoms with Crippen molar-refractivity contribution in [3.05, 3.63) is 24.0 Å². The highest BCUT2D eigenvalue weighted by Gasteiger charge is 2.31. The third-order valence-corrected chi connectivity index (χ3v) is 2.39. The van der Waals surface area contributed by atoms with Crippen LogP contribution >= 0.6 is 12.4 Å². The van der Waals surface area contributed by atoms with Gasteiger partial charge in [0.25, 0.3) is 0 Å². The minimum Gasteiger partial charge on any atom is -0.406 e. The summed E-state index contributed by atoms with van der Waals surface area (Å²) in [5, 5.41) is 0. The summed E-state index contributed by atoms with van der Waals surface area (Å²) in [6.45, 7) is 0.186. The zero-order chi connectivity index (χ0) is 14.0. The summed E-state index contributed by atoms with van der Waals surface area (Å²) in [4.78, 5) is 4.13. The molecule has 8 heteroatoms. The average molecular weight is 306 g/mol. The maximum absolute atomic E-state index is 12.1. The van der Waals surface area contributed by atoms with Gasteiger partial charge in [-0.05, 0) is 18.1 Å². The van der Waals surface area contributed by atoms with Crippen molar-refractivity contribution in [1.29, 1.82) is 0 Å². The first-order valence-corrected chi connectivity index (χ1v) is 5.32. The van der Waals surface area contributed by atoms with Crippen LogP contribution in [0.4, 0.5) is 13.2 Å². The fourth-order valence-corrected chi connectivity index (χ4v) is 1.62. The second-order valence-corrected chi connectivity index (χ2v) is 3.70. The molecule has 1 aromatic carbocycles. The third kappa shape index (κ3) is 3.56. The van der Waals surface area contributed by atoms with Crippen LogP contribution in [0.3, 0.4) is 0 Å². The Hall–Kier alpha value is -1.91. The van der Waals surface area contributed by atoms with Crippen LogP contribution in [0.1, 0.15) is 5.82 Å². The van der Waals surface area contributed by atoms with E-state index in [1.165, 1.54) is 18.2 Å². The van der Waals surface area contributed by atoms with Gasteiger partial charge in [-0.25, -0.2) is 4.98 Å². The topological polar surface area (TPSA) is 53.1 Å². The second-order valence-electron chi connectivity index (χ2n) is 3.70. The molecule has 1 aromatic heterocycles. The lowest BCUT2D eigenvalue weighted by atomic mass is 10.3. The van der Waals surface area contributed by atoms with E-state index in [-0.39, 0.29) is 24.7 Å². The van der Waals surface area contributed by atoms with E-state index in [0.29, 0.717) is 16.9 Å². The van der Waals surface area contributed by atoms with Crippen LogP contribution in [0.2, 0.25) is 0 Å². The molecule has 0 aliphatic carbocycles. The van der Waals surface area contributed by atoms with Gasteiger partial charge in [0.05, 0.1) is 17.6 Å². The molecule has 0 aliphatic heterocycles. The van der Waals surface area contributed by atoms with Crippen LogP contribution < -0.4 is 10.5 Å². The standard InChI is InChI=1S/C12H10F3N3O.ClH/c1-18-10-5-4-8(19-12(13,14)15)7-9(10)17-11(18)3-2-6-16;/h4-5,7H,6,16H2,1H3;1H. The summed E-state index contributed by atoms with van der Waals surface area (Å²) >= 11 is 0. The number of aryl methyl sites for hydroxylation is 1. The number of benzene rings is 1. The van der Waals surface area contributed by atoms with Crippen LogP contribution in [-0.2, 0) is 7.05 Å². The Morgan fingerprint density at radius 1 is 1.40 bits per heavy atom. The van der Waals surface area contributed by atoms with Gasteiger partial charge in [0.15, 0.2) is 5.82 Å². The van der Waals surface area contributed by atoms with Gasteiger partial charge < -0.3 is 15.0 Å². The molecular formula is C12H11ClF3N3O. The van der Waals surface area contributed by atoms with E-state index >= 15 is 0 Å². The SMILES string of the molecule is Cl.Cn1c(C#CCN)nc2cc(OC(F)(F)F)ccc21. The zero-order valence-corrected chi connectivity index (χ0v) is 11.2. The number of ether oxygens (including phenoxy) is 1. The van der Waals surface area contributed by atoms with Crippen LogP contribution in [0.15, 0.2) is 18.2 Å². The van der Waals surface area contributed by atoms with Gasteiger partial charge in [-0.2, -0.15) is 0 Å². The Labute approximate surface area is 119 Å². The number of alkyl halides is 3. The molecule has 0 bridgehead atoms. The summed E-state index contributed by atoms with van der Waals surface area (Å²) in [5.74, 6) is 5.51. The van der Waals surface area contributed by atoms with E-state index in [4.69, 9.17) is 5.73 Å². The van der Waals surface area contributed by atoms with Crippen LogP contribution in [0.25, 0.3) is 11.0 Å². The Bertz CT molecular complexity index is 670. The van der Waals surface area contributed by atoms with Crippen LogP contribution in [0, 0.1) is 11.8 Å². The number of rotatable bonds is 1. The van der Waals surface area contributed by atoms with Crippen molar-refractivity contribution in [2.45, 2.75) is 6.36 Å². The lowest BCUT2D eigenvalue weighted by molar-refractivity contribution is -0.274. The molecule has 0 aliphatic rings. The monoisotopic (exact) mass is 305 g/mol. The molecule has 4 nitrogen and oxygen atoms in total. The third-order valence-electron chi connectivity index (χ3n) is 2.39. The lowest BCUT2D eigenvalue weighted by Gasteiger charge is -2.08. The van der Waals surface area contributed by atoms with Crippen molar-refractivity contribution in [2.24, 2.45) is 12.8 Å². The highest BCUT2D eigenvalue weighted by Crippen LogP contribution is 2.26. The molecule has 2 rings (SSSR count). The van der Waals surface area contributed by atoms with Gasteiger partial charge in [0, 0.05) is 13.1 Å². The second kappa shape index (κ2) is 6.03. The zero-order valence-electron chi connectivity index (χ0n) is 10.4. The Morgan fingerprint density at radius 3 is 2.70 bits per heavy atom. The van der Waals surface area contributed by atoms with Gasteiger partial charge in [-0.1, -0.05) is 5.92 Å². The average Bonchev–Trinajstić information content (AvgIpc) is 2.61. The molecule has 108 valence electrons. The molecule has 20 heavy (non-hydrogen) atoms. The van der Waals surface area contributed by atoms with E-state index in [0.717, 1.165) is 0 Å². The van der Waals surface area contributed by atoms with E-state index in [9.17, 15) is 13.2 Å². The number of imidazole rings is 1. The largest absolute Gasteiger partial charge is 0.573 e. The normalized spacial score (nSPS) is 10.7. The number of fused-ring (bicyclic) bond motifs is 1. The maximum atomic E-state index is 12.1. The predicted molar refractivity (Wildman–Crippen MR) is 70.6 cm³/mol. The highest BCUT2D eigenvalue weighted by atomic mass is 35.5. The van der Waals surface area contributed by atoms with Crippen molar-refractivity contribution >= 4 is 23.4 Å². The fraction of sp³-hybridized carbons (Fsp3) is 0.250. The summed E-state index contributed by atoms with van der Waals surface area (Å²) in [5.41, 5.74) is 6.30. The maximum Gasteiger partial charge on any atom is 0.573 e. The number of aromatic nitrogens is 2. The van der Waals surface area contributed by atoms with Crippen molar-refractivity contribution in [1.82, 2.24) is 9.55 Å². The first-order valence-electron chi connectivity index (χ1n) is 5.32. The number of hydrogen-bond donors (Lipinski definition) is 1. The van der Waals surface area contributed by atoms with Crippen LogP contribution in [0.5, 0.6) is 5.75 Å². The first-order chi connectivity index (χ1) is 8.90.